The van der Waals surface area contributed by atoms with Gasteiger partial charge in [0.2, 0.25) is 0 Å². The highest BCUT2D eigenvalue weighted by Gasteiger charge is 2.22. The first-order valence-corrected chi connectivity index (χ1v) is 6.68. The summed E-state index contributed by atoms with van der Waals surface area (Å²) in [7, 11) is 1.80. The van der Waals surface area contributed by atoms with Gasteiger partial charge in [-0.2, -0.15) is 0 Å². The second-order valence-corrected chi connectivity index (χ2v) is 4.65. The molecule has 0 saturated heterocycles. The third-order valence-corrected chi connectivity index (χ3v) is 3.07. The maximum absolute atomic E-state index is 11.8. The van der Waals surface area contributed by atoms with Gasteiger partial charge < -0.3 is 15.2 Å². The summed E-state index contributed by atoms with van der Waals surface area (Å²) in [5, 5.41) is 11.6. The van der Waals surface area contributed by atoms with E-state index < -0.39 is 5.97 Å². The Kier molecular flexibility index (Phi) is 6.73. The fraction of sp³-hybridized carbons (Fsp3) is 0.467. The largest absolute Gasteiger partial charge is 0.481 e. The van der Waals surface area contributed by atoms with Crippen molar-refractivity contribution in [1.82, 2.24) is 5.32 Å². The Morgan fingerprint density at radius 1 is 1.25 bits per heavy atom. The molecule has 0 aliphatic rings. The van der Waals surface area contributed by atoms with E-state index in [4.69, 9.17) is 9.84 Å². The number of ether oxygens (including phenoxy) is 1. The second-order valence-electron chi connectivity index (χ2n) is 4.65. The summed E-state index contributed by atoms with van der Waals surface area (Å²) in [4.78, 5) is 22.2. The van der Waals surface area contributed by atoms with Gasteiger partial charge in [-0.05, 0) is 26.0 Å². The van der Waals surface area contributed by atoms with Crippen molar-refractivity contribution in [3.63, 3.8) is 0 Å². The molecule has 110 valence electrons. The molecule has 0 fully saturated rings. The highest BCUT2D eigenvalue weighted by Crippen LogP contribution is 2.22. The first-order chi connectivity index (χ1) is 9.54. The number of benzene rings is 1. The minimum atomic E-state index is -0.902. The van der Waals surface area contributed by atoms with Crippen molar-refractivity contribution in [2.75, 3.05) is 7.05 Å². The van der Waals surface area contributed by atoms with Crippen molar-refractivity contribution in [3.05, 3.63) is 35.9 Å². The first-order valence-electron chi connectivity index (χ1n) is 6.68. The van der Waals surface area contributed by atoms with E-state index in [9.17, 15) is 9.59 Å². The van der Waals surface area contributed by atoms with Crippen LogP contribution in [-0.4, -0.2) is 30.1 Å². The summed E-state index contributed by atoms with van der Waals surface area (Å²) >= 11 is 0. The van der Waals surface area contributed by atoms with Crippen LogP contribution in [-0.2, 0) is 14.3 Å². The van der Waals surface area contributed by atoms with Crippen molar-refractivity contribution < 1.29 is 19.4 Å². The summed E-state index contributed by atoms with van der Waals surface area (Å²) in [6.45, 7) is 1.93. The molecule has 0 amide bonds. The van der Waals surface area contributed by atoms with Crippen molar-refractivity contribution in [1.29, 1.82) is 0 Å². The Morgan fingerprint density at radius 2 is 1.90 bits per heavy atom. The van der Waals surface area contributed by atoms with Gasteiger partial charge in [0.1, 0.15) is 6.10 Å². The van der Waals surface area contributed by atoms with Crippen LogP contribution in [0.3, 0.4) is 0 Å². The van der Waals surface area contributed by atoms with Crippen LogP contribution in [0.15, 0.2) is 30.3 Å². The van der Waals surface area contributed by atoms with Crippen molar-refractivity contribution >= 4 is 11.9 Å². The molecule has 0 aliphatic carbocycles. The number of nitrogens with one attached hydrogen (secondary N) is 1. The van der Waals surface area contributed by atoms with Crippen LogP contribution in [0.2, 0.25) is 0 Å². The van der Waals surface area contributed by atoms with Crippen LogP contribution in [0.5, 0.6) is 0 Å². The lowest BCUT2D eigenvalue weighted by Crippen LogP contribution is -2.32. The molecule has 0 bridgehead atoms. The van der Waals surface area contributed by atoms with Gasteiger partial charge in [-0.25, -0.2) is 0 Å². The van der Waals surface area contributed by atoms with E-state index in [1.165, 1.54) is 0 Å². The molecule has 20 heavy (non-hydrogen) atoms. The van der Waals surface area contributed by atoms with Crippen LogP contribution in [0, 0.1) is 0 Å². The minimum absolute atomic E-state index is 0.0211. The fourth-order valence-corrected chi connectivity index (χ4v) is 1.84. The average molecular weight is 279 g/mol. The molecule has 2 atom stereocenters. The topological polar surface area (TPSA) is 75.6 Å². The van der Waals surface area contributed by atoms with Gasteiger partial charge in [-0.1, -0.05) is 30.3 Å². The molecule has 5 nitrogen and oxygen atoms in total. The molecule has 2 unspecified atom stereocenters. The Balaban J connectivity index is 2.62. The van der Waals surface area contributed by atoms with Crippen molar-refractivity contribution in [3.8, 4) is 0 Å². The lowest BCUT2D eigenvalue weighted by Gasteiger charge is -2.24. The Labute approximate surface area is 118 Å². The number of carboxylic acid groups (broad SMARTS) is 1. The molecule has 1 rings (SSSR count). The molecular formula is C15H21NO4. The molecular weight excluding hydrogens is 258 g/mol. The summed E-state index contributed by atoms with van der Waals surface area (Å²) < 4.78 is 5.48. The third kappa shape index (κ3) is 5.40. The maximum Gasteiger partial charge on any atom is 0.306 e. The summed E-state index contributed by atoms with van der Waals surface area (Å²) in [6.07, 6.45) is 0.0149. The molecule has 1 aromatic rings. The van der Waals surface area contributed by atoms with E-state index in [2.05, 4.69) is 5.32 Å². The van der Waals surface area contributed by atoms with Crippen molar-refractivity contribution in [2.45, 2.75) is 38.3 Å². The number of rotatable bonds is 8. The Morgan fingerprint density at radius 3 is 2.45 bits per heavy atom. The fourth-order valence-electron chi connectivity index (χ4n) is 1.84. The average Bonchev–Trinajstić information content (AvgIpc) is 2.44. The number of carbonyl (C=O) groups excluding carboxylic acids is 1. The number of esters is 1. The Bertz CT molecular complexity index is 433. The van der Waals surface area contributed by atoms with E-state index in [-0.39, 0.29) is 31.0 Å². The zero-order valence-electron chi connectivity index (χ0n) is 11.8. The molecule has 0 saturated carbocycles. The van der Waals surface area contributed by atoms with Gasteiger partial charge in [-0.3, -0.25) is 9.59 Å². The highest BCUT2D eigenvalue weighted by atomic mass is 16.5. The number of hydrogen-bond donors (Lipinski definition) is 2. The number of aliphatic carboxylic acids is 1. The SMILES string of the molecule is CNC(C)C(OC(=O)CCCC(=O)O)c1ccccc1. The van der Waals surface area contributed by atoms with E-state index in [0.717, 1.165) is 5.56 Å². The minimum Gasteiger partial charge on any atom is -0.481 e. The molecule has 0 radical (unpaired) electrons. The predicted molar refractivity (Wildman–Crippen MR) is 75.3 cm³/mol. The van der Waals surface area contributed by atoms with Gasteiger partial charge in [0.25, 0.3) is 0 Å². The highest BCUT2D eigenvalue weighted by molar-refractivity contribution is 5.71. The van der Waals surface area contributed by atoms with Crippen LogP contribution in [0.25, 0.3) is 0 Å². The van der Waals surface area contributed by atoms with Crippen LogP contribution < -0.4 is 5.32 Å². The zero-order chi connectivity index (χ0) is 15.0. The van der Waals surface area contributed by atoms with Crippen molar-refractivity contribution in [2.24, 2.45) is 0 Å². The van der Waals surface area contributed by atoms with Gasteiger partial charge in [0.05, 0.1) is 0 Å². The van der Waals surface area contributed by atoms with Crippen LogP contribution in [0.4, 0.5) is 0 Å². The lowest BCUT2D eigenvalue weighted by atomic mass is 10.0. The van der Waals surface area contributed by atoms with E-state index >= 15 is 0 Å². The van der Waals surface area contributed by atoms with Gasteiger partial charge in [-0.15, -0.1) is 0 Å². The lowest BCUT2D eigenvalue weighted by molar-refractivity contribution is -0.151. The number of likely N-dealkylation sites (N-methyl/N-ethyl adjacent to an activating group) is 1. The zero-order valence-corrected chi connectivity index (χ0v) is 11.8. The normalized spacial score (nSPS) is 13.5. The monoisotopic (exact) mass is 279 g/mol. The second kappa shape index (κ2) is 8.32. The van der Waals surface area contributed by atoms with Gasteiger partial charge in [0, 0.05) is 18.9 Å². The maximum atomic E-state index is 11.8. The predicted octanol–water partition coefficient (Wildman–Crippen LogP) is 2.13. The molecule has 0 aromatic heterocycles. The van der Waals surface area contributed by atoms with E-state index in [1.807, 2.05) is 37.3 Å². The van der Waals surface area contributed by atoms with Gasteiger partial charge in [0.15, 0.2) is 0 Å². The van der Waals surface area contributed by atoms with Gasteiger partial charge >= 0.3 is 11.9 Å². The molecule has 0 aliphatic heterocycles. The number of hydrogen-bond acceptors (Lipinski definition) is 4. The van der Waals surface area contributed by atoms with E-state index in [0.29, 0.717) is 6.42 Å². The summed E-state index contributed by atoms with van der Waals surface area (Å²) in [5.41, 5.74) is 0.918. The summed E-state index contributed by atoms with van der Waals surface area (Å²) in [5.74, 6) is -1.27. The standard InChI is InChI=1S/C15H21NO4/c1-11(16-2)15(12-7-4-3-5-8-12)20-14(19)10-6-9-13(17)18/h3-5,7-8,11,15-16H,6,9-10H2,1-2H3,(H,17,18). The molecule has 2 N–H and O–H groups in total. The Hall–Kier alpha value is -1.88. The molecule has 0 spiro atoms. The van der Waals surface area contributed by atoms with Crippen LogP contribution in [0.1, 0.15) is 37.9 Å². The molecule has 0 heterocycles. The molecule has 5 heteroatoms. The van der Waals surface area contributed by atoms with E-state index in [1.54, 1.807) is 7.05 Å². The number of carbonyl (C=O) groups is 2. The quantitative estimate of drug-likeness (QED) is 0.713. The summed E-state index contributed by atoms with van der Waals surface area (Å²) in [6, 6.07) is 9.47. The molecule has 1 aromatic carbocycles. The van der Waals surface area contributed by atoms with Crippen LogP contribution >= 0.6 is 0 Å². The third-order valence-electron chi connectivity index (χ3n) is 3.07. The number of carboxylic acids is 1. The first kappa shape index (κ1) is 16.2. The smallest absolute Gasteiger partial charge is 0.306 e.